The van der Waals surface area contributed by atoms with E-state index in [1.165, 1.54) is 5.57 Å². The molecule has 0 fully saturated rings. The van der Waals surface area contributed by atoms with Crippen LogP contribution in [0.2, 0.25) is 19.1 Å². The summed E-state index contributed by atoms with van der Waals surface area (Å²) in [5.74, 6) is 0. The normalized spacial score (nSPS) is 22.2. The van der Waals surface area contributed by atoms with Gasteiger partial charge in [0.25, 0.3) is 0 Å². The van der Waals surface area contributed by atoms with E-state index in [1.54, 1.807) is 6.08 Å². The van der Waals surface area contributed by atoms with E-state index >= 15 is 0 Å². The van der Waals surface area contributed by atoms with E-state index in [2.05, 4.69) is 63.9 Å². The summed E-state index contributed by atoms with van der Waals surface area (Å²) in [4.78, 5) is 5.39. The fraction of sp³-hybridized carbons (Fsp3) is 0.684. The predicted octanol–water partition coefficient (Wildman–Crippen LogP) is 3.80. The van der Waals surface area contributed by atoms with Crippen molar-refractivity contribution in [2.24, 2.45) is 5.41 Å². The molecule has 0 saturated carbocycles. The summed E-state index contributed by atoms with van der Waals surface area (Å²) >= 11 is 0. The van der Waals surface area contributed by atoms with E-state index in [-0.39, 0.29) is 12.1 Å². The van der Waals surface area contributed by atoms with Crippen LogP contribution in [0.15, 0.2) is 36.5 Å². The van der Waals surface area contributed by atoms with E-state index < -0.39 is 8.32 Å². The average Bonchev–Trinajstić information content (AvgIpc) is 2.43. The van der Waals surface area contributed by atoms with Gasteiger partial charge in [0, 0.05) is 12.6 Å². The van der Waals surface area contributed by atoms with Crippen LogP contribution < -0.4 is 10.8 Å². The highest BCUT2D eigenvalue weighted by molar-refractivity contribution is 6.71. The van der Waals surface area contributed by atoms with Crippen molar-refractivity contribution in [1.82, 2.24) is 10.8 Å². The van der Waals surface area contributed by atoms with E-state index in [0.29, 0.717) is 18.6 Å². The Morgan fingerprint density at radius 1 is 1.46 bits per heavy atom. The third-order valence-corrected chi connectivity index (χ3v) is 6.73. The van der Waals surface area contributed by atoms with Gasteiger partial charge in [0.15, 0.2) is 8.32 Å². The minimum Gasteiger partial charge on any atom is -0.415 e. The zero-order valence-electron chi connectivity index (χ0n) is 16.4. The monoisotopic (exact) mass is 352 g/mol. The Hall–Kier alpha value is -0.723. The molecule has 0 aliphatic carbocycles. The molecule has 2 atom stereocenters. The van der Waals surface area contributed by atoms with Crippen LogP contribution in [-0.4, -0.2) is 40.2 Å². The molecule has 0 aromatic rings. The van der Waals surface area contributed by atoms with Crippen LogP contribution >= 0.6 is 0 Å². The van der Waals surface area contributed by atoms with E-state index in [9.17, 15) is 0 Å². The Bertz CT molecular complexity index is 466. The maximum Gasteiger partial charge on any atom is 0.187 e. The number of hydroxylamine groups is 1. The van der Waals surface area contributed by atoms with Gasteiger partial charge in [0.1, 0.15) is 0 Å². The SMILES string of the molecule is C=CCON[C@H]1CN[C@H](CO[Si](C)(C)CC(C)(C)C)C=C1C(=C)C. The van der Waals surface area contributed by atoms with Crippen molar-refractivity contribution in [2.45, 2.75) is 58.9 Å². The summed E-state index contributed by atoms with van der Waals surface area (Å²) in [6.07, 6.45) is 3.95. The van der Waals surface area contributed by atoms with E-state index in [0.717, 1.165) is 18.2 Å². The Kier molecular flexibility index (Phi) is 8.09. The van der Waals surface area contributed by atoms with Gasteiger partial charge in [0.2, 0.25) is 0 Å². The number of hydrogen-bond donors (Lipinski definition) is 2. The summed E-state index contributed by atoms with van der Waals surface area (Å²) in [5, 5.41) is 3.53. The molecule has 4 nitrogen and oxygen atoms in total. The first-order chi connectivity index (χ1) is 11.0. The maximum absolute atomic E-state index is 6.34. The summed E-state index contributed by atoms with van der Waals surface area (Å²) in [6.45, 7) is 23.2. The van der Waals surface area contributed by atoms with Crippen molar-refractivity contribution in [3.63, 3.8) is 0 Å². The topological polar surface area (TPSA) is 42.5 Å². The lowest BCUT2D eigenvalue weighted by Crippen LogP contribution is -2.50. The summed E-state index contributed by atoms with van der Waals surface area (Å²) in [7, 11) is -1.66. The third-order valence-electron chi connectivity index (χ3n) is 3.87. The Morgan fingerprint density at radius 2 is 2.12 bits per heavy atom. The summed E-state index contributed by atoms with van der Waals surface area (Å²) < 4.78 is 6.34. The molecule has 5 heteroatoms. The molecule has 0 amide bonds. The van der Waals surface area contributed by atoms with Crippen LogP contribution in [0.25, 0.3) is 0 Å². The summed E-state index contributed by atoms with van der Waals surface area (Å²) in [6, 6.07) is 1.49. The standard InChI is InChI=1S/C19H36N2O2Si/c1-9-10-22-21-18-12-20-16(11-17(18)15(2)3)13-23-24(7,8)14-19(4,5)6/h9,11,16,18,20-21H,1-2,10,12-14H2,3-8H3/t16-,18-/m0/s1. The first-order valence-corrected chi connectivity index (χ1v) is 11.9. The molecule has 0 aromatic heterocycles. The average molecular weight is 353 g/mol. The van der Waals surface area contributed by atoms with Gasteiger partial charge in [0.05, 0.1) is 19.3 Å². The fourth-order valence-electron chi connectivity index (χ4n) is 3.27. The lowest BCUT2D eigenvalue weighted by Gasteiger charge is -2.34. The molecule has 0 aromatic carbocycles. The van der Waals surface area contributed by atoms with Crippen LogP contribution in [0.3, 0.4) is 0 Å². The Balaban J connectivity index is 2.64. The van der Waals surface area contributed by atoms with E-state index in [4.69, 9.17) is 9.26 Å². The van der Waals surface area contributed by atoms with Gasteiger partial charge in [-0.3, -0.25) is 4.84 Å². The lowest BCUT2D eigenvalue weighted by molar-refractivity contribution is 0.0417. The van der Waals surface area contributed by atoms with Crippen molar-refractivity contribution in [2.75, 3.05) is 19.8 Å². The quantitative estimate of drug-likeness (QED) is 0.287. The largest absolute Gasteiger partial charge is 0.415 e. The zero-order chi connectivity index (χ0) is 18.4. The number of nitrogens with one attached hydrogen (secondary N) is 2. The van der Waals surface area contributed by atoms with Gasteiger partial charge in [-0.25, -0.2) is 0 Å². The molecular weight excluding hydrogens is 316 g/mol. The highest BCUT2D eigenvalue weighted by Gasteiger charge is 2.31. The fourth-order valence-corrected chi connectivity index (χ4v) is 6.56. The minimum atomic E-state index is -1.66. The van der Waals surface area contributed by atoms with Crippen molar-refractivity contribution < 1.29 is 9.26 Å². The lowest BCUT2D eigenvalue weighted by atomic mass is 9.95. The maximum atomic E-state index is 6.34. The van der Waals surface area contributed by atoms with E-state index in [1.807, 2.05) is 6.92 Å². The van der Waals surface area contributed by atoms with Crippen LogP contribution in [0.5, 0.6) is 0 Å². The second kappa shape index (κ2) is 9.11. The van der Waals surface area contributed by atoms with Gasteiger partial charge >= 0.3 is 0 Å². The van der Waals surface area contributed by atoms with Gasteiger partial charge in [-0.2, -0.15) is 5.48 Å². The molecule has 1 aliphatic rings. The molecule has 1 heterocycles. The van der Waals surface area contributed by atoms with Gasteiger partial charge < -0.3 is 9.74 Å². The highest BCUT2D eigenvalue weighted by atomic mass is 28.4. The summed E-state index contributed by atoms with van der Waals surface area (Å²) in [5.41, 5.74) is 5.65. The Morgan fingerprint density at radius 3 is 2.67 bits per heavy atom. The molecule has 138 valence electrons. The van der Waals surface area contributed by atoms with Crippen molar-refractivity contribution >= 4 is 8.32 Å². The third kappa shape index (κ3) is 7.90. The second-order valence-corrected chi connectivity index (χ2v) is 12.7. The minimum absolute atomic E-state index is 0.110. The van der Waals surface area contributed by atoms with Gasteiger partial charge in [-0.1, -0.05) is 45.1 Å². The predicted molar refractivity (Wildman–Crippen MR) is 105 cm³/mol. The van der Waals surface area contributed by atoms with Crippen LogP contribution in [0, 0.1) is 5.41 Å². The second-order valence-electron chi connectivity index (χ2n) is 8.50. The number of rotatable bonds is 9. The first-order valence-electron chi connectivity index (χ1n) is 8.77. The zero-order valence-corrected chi connectivity index (χ0v) is 17.4. The molecular formula is C19H36N2O2Si. The number of hydrogen-bond acceptors (Lipinski definition) is 4. The highest BCUT2D eigenvalue weighted by Crippen LogP contribution is 2.28. The van der Waals surface area contributed by atoms with Crippen molar-refractivity contribution in [3.05, 3.63) is 36.5 Å². The molecule has 1 aliphatic heterocycles. The van der Waals surface area contributed by atoms with Crippen molar-refractivity contribution in [3.8, 4) is 0 Å². The molecule has 1 rings (SSSR count). The molecule has 24 heavy (non-hydrogen) atoms. The van der Waals surface area contributed by atoms with Gasteiger partial charge in [-0.15, -0.1) is 6.58 Å². The molecule has 0 saturated heterocycles. The smallest absolute Gasteiger partial charge is 0.187 e. The Labute approximate surface area is 149 Å². The van der Waals surface area contributed by atoms with Crippen molar-refractivity contribution in [1.29, 1.82) is 0 Å². The van der Waals surface area contributed by atoms with Crippen LogP contribution in [-0.2, 0) is 9.26 Å². The van der Waals surface area contributed by atoms with Crippen LogP contribution in [0.1, 0.15) is 27.7 Å². The molecule has 0 bridgehead atoms. The molecule has 2 N–H and O–H groups in total. The molecule has 0 spiro atoms. The van der Waals surface area contributed by atoms with Crippen LogP contribution in [0.4, 0.5) is 0 Å². The molecule has 0 radical (unpaired) electrons. The molecule has 0 unspecified atom stereocenters. The van der Waals surface area contributed by atoms with Gasteiger partial charge in [-0.05, 0) is 37.0 Å². The first kappa shape index (κ1) is 21.3.